The fourth-order valence-electron chi connectivity index (χ4n) is 2.16. The second-order valence-corrected chi connectivity index (χ2v) is 4.97. The van der Waals surface area contributed by atoms with Crippen molar-refractivity contribution >= 4 is 11.0 Å². The van der Waals surface area contributed by atoms with Gasteiger partial charge in [0.05, 0.1) is 18.2 Å². The second-order valence-electron chi connectivity index (χ2n) is 4.97. The number of hydrogen-bond acceptors (Lipinski definition) is 4. The normalized spacial score (nSPS) is 11.0. The summed E-state index contributed by atoms with van der Waals surface area (Å²) in [5.41, 5.74) is 0.520. The first-order valence-electron chi connectivity index (χ1n) is 6.98. The Morgan fingerprint density at radius 3 is 2.87 bits per heavy atom. The highest BCUT2D eigenvalue weighted by Crippen LogP contribution is 2.07. The molecule has 7 heteroatoms. The van der Waals surface area contributed by atoms with E-state index in [1.165, 1.54) is 12.1 Å². The van der Waals surface area contributed by atoms with Crippen LogP contribution in [0.15, 0.2) is 41.3 Å². The van der Waals surface area contributed by atoms with Crippen molar-refractivity contribution in [1.29, 1.82) is 0 Å². The van der Waals surface area contributed by atoms with E-state index in [4.69, 9.17) is 4.74 Å². The summed E-state index contributed by atoms with van der Waals surface area (Å²) in [6.07, 6.45) is 1.54. The topological polar surface area (TPSA) is 67.9 Å². The van der Waals surface area contributed by atoms with Gasteiger partial charge in [-0.25, -0.2) is 18.7 Å². The number of halogens is 2. The van der Waals surface area contributed by atoms with Gasteiger partial charge in [-0.1, -0.05) is 12.1 Å². The molecule has 0 amide bonds. The van der Waals surface area contributed by atoms with Crippen LogP contribution >= 0.6 is 0 Å². The van der Waals surface area contributed by atoms with Gasteiger partial charge < -0.3 is 9.72 Å². The van der Waals surface area contributed by atoms with Crippen LogP contribution in [-0.2, 0) is 17.8 Å². The van der Waals surface area contributed by atoms with Crippen LogP contribution in [0.25, 0.3) is 11.0 Å². The van der Waals surface area contributed by atoms with Gasteiger partial charge in [-0.3, -0.25) is 4.79 Å². The SMILES string of the molecule is O=c1[nH]c(COCCc2cccc(F)c2)nc2ncc(F)cc12. The highest BCUT2D eigenvalue weighted by Gasteiger charge is 2.06. The maximum atomic E-state index is 13.1. The molecular formula is C16H13F2N3O2. The molecule has 0 unspecified atom stereocenters. The summed E-state index contributed by atoms with van der Waals surface area (Å²) in [6, 6.07) is 7.35. The van der Waals surface area contributed by atoms with Crippen LogP contribution < -0.4 is 5.56 Å². The Balaban J connectivity index is 1.63. The molecule has 0 aliphatic carbocycles. The average Bonchev–Trinajstić information content (AvgIpc) is 2.52. The number of pyridine rings is 1. The molecule has 2 heterocycles. The largest absolute Gasteiger partial charge is 0.373 e. The first kappa shape index (κ1) is 15.2. The molecule has 0 saturated heterocycles. The van der Waals surface area contributed by atoms with Crippen LogP contribution in [0.2, 0.25) is 0 Å². The van der Waals surface area contributed by atoms with E-state index in [1.807, 2.05) is 0 Å². The highest BCUT2D eigenvalue weighted by molar-refractivity contribution is 5.72. The van der Waals surface area contributed by atoms with Gasteiger partial charge in [-0.15, -0.1) is 0 Å². The molecule has 0 spiro atoms. The van der Waals surface area contributed by atoms with Gasteiger partial charge in [0.1, 0.15) is 24.1 Å². The van der Waals surface area contributed by atoms with Gasteiger partial charge >= 0.3 is 0 Å². The van der Waals surface area contributed by atoms with E-state index in [0.29, 0.717) is 18.9 Å². The number of aromatic nitrogens is 3. The number of ether oxygens (including phenoxy) is 1. The summed E-state index contributed by atoms with van der Waals surface area (Å²) in [6.45, 7) is 0.432. The third-order valence-electron chi connectivity index (χ3n) is 3.24. The lowest BCUT2D eigenvalue weighted by atomic mass is 10.2. The molecule has 0 aliphatic rings. The summed E-state index contributed by atoms with van der Waals surface area (Å²) in [7, 11) is 0. The molecule has 0 saturated carbocycles. The van der Waals surface area contributed by atoms with Crippen LogP contribution in [0.3, 0.4) is 0 Å². The second kappa shape index (κ2) is 6.62. The van der Waals surface area contributed by atoms with Crippen molar-refractivity contribution in [3.63, 3.8) is 0 Å². The highest BCUT2D eigenvalue weighted by atomic mass is 19.1. The summed E-state index contributed by atoms with van der Waals surface area (Å²) in [5.74, 6) is -0.578. The molecule has 1 aromatic carbocycles. The Kier molecular flexibility index (Phi) is 4.38. The Labute approximate surface area is 130 Å². The zero-order valence-electron chi connectivity index (χ0n) is 12.1. The number of nitrogens with one attached hydrogen (secondary N) is 1. The molecule has 0 atom stereocenters. The fourth-order valence-corrected chi connectivity index (χ4v) is 2.16. The standard InChI is InChI=1S/C16H13F2N3O2/c17-11-3-1-2-10(6-11)4-5-23-9-14-20-15-13(16(22)21-14)7-12(18)8-19-15/h1-3,6-8H,4-5,9H2,(H,19,20,21,22). The predicted molar refractivity (Wildman–Crippen MR) is 79.9 cm³/mol. The van der Waals surface area contributed by atoms with Gasteiger partial charge in [0, 0.05) is 0 Å². The Morgan fingerprint density at radius 2 is 2.04 bits per heavy atom. The number of fused-ring (bicyclic) bond motifs is 1. The molecule has 0 aliphatic heterocycles. The number of H-pyrrole nitrogens is 1. The van der Waals surface area contributed by atoms with E-state index in [1.54, 1.807) is 12.1 Å². The minimum absolute atomic E-state index is 0.0829. The van der Waals surface area contributed by atoms with Gasteiger partial charge in [0.25, 0.3) is 5.56 Å². The van der Waals surface area contributed by atoms with Gasteiger partial charge in [0.15, 0.2) is 5.65 Å². The van der Waals surface area contributed by atoms with Crippen molar-refractivity contribution in [2.24, 2.45) is 0 Å². The van der Waals surface area contributed by atoms with Crippen molar-refractivity contribution in [2.45, 2.75) is 13.0 Å². The maximum absolute atomic E-state index is 13.1. The zero-order chi connectivity index (χ0) is 16.2. The molecule has 23 heavy (non-hydrogen) atoms. The van der Waals surface area contributed by atoms with Crippen LogP contribution in [0, 0.1) is 11.6 Å². The fraction of sp³-hybridized carbons (Fsp3) is 0.188. The quantitative estimate of drug-likeness (QED) is 0.734. The van der Waals surface area contributed by atoms with Crippen LogP contribution in [-0.4, -0.2) is 21.6 Å². The van der Waals surface area contributed by atoms with E-state index in [9.17, 15) is 13.6 Å². The molecule has 0 radical (unpaired) electrons. The lowest BCUT2D eigenvalue weighted by molar-refractivity contribution is 0.118. The lowest BCUT2D eigenvalue weighted by Gasteiger charge is -2.05. The third kappa shape index (κ3) is 3.75. The van der Waals surface area contributed by atoms with E-state index in [-0.39, 0.29) is 23.5 Å². The molecule has 3 rings (SSSR count). The van der Waals surface area contributed by atoms with E-state index in [2.05, 4.69) is 15.0 Å². The Bertz CT molecular complexity index is 896. The number of rotatable bonds is 5. The van der Waals surface area contributed by atoms with Crippen molar-refractivity contribution in [2.75, 3.05) is 6.61 Å². The minimum Gasteiger partial charge on any atom is -0.373 e. The summed E-state index contributed by atoms with van der Waals surface area (Å²) in [4.78, 5) is 22.3. The first-order valence-corrected chi connectivity index (χ1v) is 6.98. The van der Waals surface area contributed by atoms with Crippen molar-refractivity contribution in [1.82, 2.24) is 15.0 Å². The molecule has 0 fully saturated rings. The zero-order valence-corrected chi connectivity index (χ0v) is 12.1. The first-order chi connectivity index (χ1) is 11.1. The minimum atomic E-state index is -0.594. The number of nitrogens with zero attached hydrogens (tertiary/aromatic N) is 2. The summed E-state index contributed by atoms with van der Waals surface area (Å²) >= 11 is 0. The van der Waals surface area contributed by atoms with E-state index < -0.39 is 11.4 Å². The van der Waals surface area contributed by atoms with Crippen molar-refractivity contribution in [3.05, 3.63) is 69.9 Å². The Morgan fingerprint density at radius 1 is 1.17 bits per heavy atom. The number of benzene rings is 1. The molecule has 3 aromatic rings. The molecule has 0 bridgehead atoms. The average molecular weight is 317 g/mol. The van der Waals surface area contributed by atoms with E-state index in [0.717, 1.165) is 17.8 Å². The monoisotopic (exact) mass is 317 g/mol. The van der Waals surface area contributed by atoms with Gasteiger partial charge in [0.2, 0.25) is 0 Å². The maximum Gasteiger partial charge on any atom is 0.260 e. The molecule has 2 aromatic heterocycles. The predicted octanol–water partition coefficient (Wildman–Crippen LogP) is 2.36. The number of aromatic amines is 1. The summed E-state index contributed by atoms with van der Waals surface area (Å²) in [5, 5.41) is 0.0912. The van der Waals surface area contributed by atoms with E-state index >= 15 is 0 Å². The summed E-state index contributed by atoms with van der Waals surface area (Å²) < 4.78 is 31.5. The van der Waals surface area contributed by atoms with Crippen LogP contribution in [0.5, 0.6) is 0 Å². The lowest BCUT2D eigenvalue weighted by Crippen LogP contribution is -2.14. The molecule has 118 valence electrons. The van der Waals surface area contributed by atoms with Crippen LogP contribution in [0.4, 0.5) is 8.78 Å². The van der Waals surface area contributed by atoms with Gasteiger partial charge in [-0.05, 0) is 30.2 Å². The Hall–Kier alpha value is -2.67. The molecular weight excluding hydrogens is 304 g/mol. The van der Waals surface area contributed by atoms with Gasteiger partial charge in [-0.2, -0.15) is 0 Å². The molecule has 5 nitrogen and oxygen atoms in total. The van der Waals surface area contributed by atoms with Crippen molar-refractivity contribution in [3.8, 4) is 0 Å². The number of hydrogen-bond donors (Lipinski definition) is 1. The smallest absolute Gasteiger partial charge is 0.260 e. The third-order valence-corrected chi connectivity index (χ3v) is 3.24. The molecule has 1 N–H and O–H groups in total. The van der Waals surface area contributed by atoms with Crippen molar-refractivity contribution < 1.29 is 13.5 Å². The van der Waals surface area contributed by atoms with Crippen LogP contribution in [0.1, 0.15) is 11.4 Å².